The number of carboxylic acids is 1. The minimum Gasteiger partial charge on any atom is -0.477 e. The third-order valence-corrected chi connectivity index (χ3v) is 4.81. The molecule has 13 heteroatoms. The van der Waals surface area contributed by atoms with E-state index in [1.165, 1.54) is 7.11 Å². The lowest BCUT2D eigenvalue weighted by atomic mass is 9.83. The van der Waals surface area contributed by atoms with Crippen molar-refractivity contribution in [2.24, 2.45) is 5.16 Å². The van der Waals surface area contributed by atoms with Crippen molar-refractivity contribution >= 4 is 40.2 Å². The molecule has 2 aliphatic heterocycles. The summed E-state index contributed by atoms with van der Waals surface area (Å²) in [6, 6.07) is -1.45. The van der Waals surface area contributed by atoms with E-state index in [4.69, 9.17) is 5.73 Å². The number of aliphatic hydroxyl groups excluding tert-OH is 1. The van der Waals surface area contributed by atoms with Crippen molar-refractivity contribution in [1.82, 2.24) is 19.6 Å². The number of aromatic nitrogens is 2. The zero-order valence-electron chi connectivity index (χ0n) is 14.1. The molecule has 2 amide bonds. The Hall–Kier alpha value is -3.06. The van der Waals surface area contributed by atoms with E-state index >= 15 is 0 Å². The number of carboxylic acid groups (broad SMARTS) is 1. The van der Waals surface area contributed by atoms with Gasteiger partial charge in [-0.25, -0.2) is 4.79 Å². The largest absolute Gasteiger partial charge is 0.477 e. The molecule has 0 aliphatic carbocycles. The third kappa shape index (κ3) is 3.21. The molecule has 0 radical (unpaired) electrons. The van der Waals surface area contributed by atoms with E-state index in [9.17, 15) is 24.6 Å². The van der Waals surface area contributed by atoms with Gasteiger partial charge in [-0.2, -0.15) is 9.36 Å². The summed E-state index contributed by atoms with van der Waals surface area (Å²) in [7, 11) is 1.24. The predicted molar refractivity (Wildman–Crippen MR) is 91.4 cm³/mol. The number of oxime groups is 1. The number of amides is 2. The van der Waals surface area contributed by atoms with Crippen LogP contribution in [0.1, 0.15) is 18.7 Å². The molecule has 5 N–H and O–H groups in total. The van der Waals surface area contributed by atoms with Gasteiger partial charge in [0.2, 0.25) is 11.5 Å². The van der Waals surface area contributed by atoms with Crippen LogP contribution in [0.4, 0.5) is 5.13 Å². The molecule has 3 rings (SSSR count). The molecule has 0 spiro atoms. The number of aliphatic carboxylic acids is 1. The molecule has 3 heterocycles. The highest BCUT2D eigenvalue weighted by molar-refractivity contribution is 7.09. The van der Waals surface area contributed by atoms with Crippen LogP contribution in [0.15, 0.2) is 16.4 Å². The topological polar surface area (TPSA) is 180 Å². The van der Waals surface area contributed by atoms with E-state index in [1.807, 2.05) is 0 Å². The van der Waals surface area contributed by atoms with E-state index in [-0.39, 0.29) is 27.9 Å². The molecule has 12 nitrogen and oxygen atoms in total. The van der Waals surface area contributed by atoms with Crippen molar-refractivity contribution in [3.05, 3.63) is 17.1 Å². The number of nitrogens with one attached hydrogen (secondary N) is 1. The van der Waals surface area contributed by atoms with Gasteiger partial charge >= 0.3 is 5.97 Å². The molecule has 1 unspecified atom stereocenters. The minimum atomic E-state index is -1.30. The van der Waals surface area contributed by atoms with E-state index in [1.54, 1.807) is 0 Å². The first kappa shape index (κ1) is 18.7. The van der Waals surface area contributed by atoms with Crippen LogP contribution in [0.2, 0.25) is 0 Å². The van der Waals surface area contributed by atoms with Crippen LogP contribution in [0, 0.1) is 0 Å². The number of nitrogens with two attached hydrogens (primary N) is 1. The van der Waals surface area contributed by atoms with Gasteiger partial charge in [-0.05, 0) is 18.4 Å². The van der Waals surface area contributed by atoms with Crippen molar-refractivity contribution in [1.29, 1.82) is 0 Å². The van der Waals surface area contributed by atoms with E-state index in [0.29, 0.717) is 12.8 Å². The number of carbonyl (C=O) groups excluding carboxylic acids is 2. The molecule has 2 atom stereocenters. The van der Waals surface area contributed by atoms with Gasteiger partial charge < -0.3 is 26.1 Å². The highest BCUT2D eigenvalue weighted by Crippen LogP contribution is 2.36. The van der Waals surface area contributed by atoms with Crippen molar-refractivity contribution < 1.29 is 29.4 Å². The Kier molecular flexibility index (Phi) is 5.05. The first-order valence-electron chi connectivity index (χ1n) is 7.79. The number of fused-ring (bicyclic) bond motifs is 1. The molecule has 0 aromatic carbocycles. The van der Waals surface area contributed by atoms with Crippen molar-refractivity contribution in [3.63, 3.8) is 0 Å². The van der Waals surface area contributed by atoms with Gasteiger partial charge in [0.05, 0.1) is 12.6 Å². The second-order valence-corrected chi connectivity index (χ2v) is 6.54. The molecule has 144 valence electrons. The van der Waals surface area contributed by atoms with Crippen LogP contribution in [-0.2, 0) is 19.2 Å². The molecule has 27 heavy (non-hydrogen) atoms. The van der Waals surface area contributed by atoms with Crippen molar-refractivity contribution in [2.75, 3.05) is 19.5 Å². The summed E-state index contributed by atoms with van der Waals surface area (Å²) in [5.41, 5.74) is 5.30. The molecule has 0 saturated carbocycles. The summed E-state index contributed by atoms with van der Waals surface area (Å²) in [5, 5.41) is 24.9. The second kappa shape index (κ2) is 7.28. The number of nitrogens with zero attached hydrogens (tertiary/aromatic N) is 4. The maximum absolute atomic E-state index is 12.5. The summed E-state index contributed by atoms with van der Waals surface area (Å²) >= 11 is 0.870. The SMILES string of the molecule is CON=C(C(=O)N[C@@H]1C(=O)N2C(C(=O)O)=C(CO)CCC12)c1nsc(N)n1. The van der Waals surface area contributed by atoms with E-state index in [2.05, 4.69) is 24.7 Å². The van der Waals surface area contributed by atoms with Crippen LogP contribution in [-0.4, -0.2) is 73.8 Å². The second-order valence-electron chi connectivity index (χ2n) is 5.76. The van der Waals surface area contributed by atoms with Gasteiger partial charge in [0.25, 0.3) is 11.8 Å². The Bertz CT molecular complexity index is 864. The monoisotopic (exact) mass is 396 g/mol. The number of rotatable bonds is 6. The van der Waals surface area contributed by atoms with E-state index < -0.39 is 36.5 Å². The van der Waals surface area contributed by atoms with Crippen LogP contribution >= 0.6 is 11.5 Å². The standard InChI is InChI=1S/C14H16N6O6S/c1-26-18-8(10-17-14(15)27-19-10)11(22)16-7-6-3-2-5(4-21)9(13(24)25)20(6)12(7)23/h6-7,21H,2-4H2,1H3,(H,16,22)(H,24,25)(H2,15,17,19)/t6?,7-/m0/s1. The van der Waals surface area contributed by atoms with Crippen LogP contribution in [0.25, 0.3) is 0 Å². The van der Waals surface area contributed by atoms with Gasteiger partial charge in [-0.1, -0.05) is 5.16 Å². The predicted octanol–water partition coefficient (Wildman–Crippen LogP) is -1.71. The quantitative estimate of drug-likeness (QED) is 0.247. The zero-order valence-corrected chi connectivity index (χ0v) is 14.9. The maximum atomic E-state index is 12.5. The molecule has 0 bridgehead atoms. The summed E-state index contributed by atoms with van der Waals surface area (Å²) < 4.78 is 3.89. The molecule has 2 aliphatic rings. The zero-order chi connectivity index (χ0) is 19.7. The Morgan fingerprint density at radius 1 is 1.52 bits per heavy atom. The lowest BCUT2D eigenvalue weighted by Crippen LogP contribution is -2.72. The Balaban J connectivity index is 1.79. The van der Waals surface area contributed by atoms with Gasteiger partial charge in [0, 0.05) is 11.5 Å². The van der Waals surface area contributed by atoms with Gasteiger partial charge in [0.1, 0.15) is 18.8 Å². The number of nitrogen functional groups attached to an aromatic ring is 1. The number of hydrogen-bond acceptors (Lipinski definition) is 10. The van der Waals surface area contributed by atoms with Crippen LogP contribution < -0.4 is 11.1 Å². The lowest BCUT2D eigenvalue weighted by molar-refractivity contribution is -0.155. The van der Waals surface area contributed by atoms with Crippen LogP contribution in [0.5, 0.6) is 0 Å². The molecule has 1 fully saturated rings. The summed E-state index contributed by atoms with van der Waals surface area (Å²) in [4.78, 5) is 46.0. The molecular formula is C14H16N6O6S. The Morgan fingerprint density at radius 3 is 2.81 bits per heavy atom. The Morgan fingerprint density at radius 2 is 2.26 bits per heavy atom. The number of hydrogen-bond donors (Lipinski definition) is 4. The molecule has 1 aromatic rings. The first-order chi connectivity index (χ1) is 12.9. The maximum Gasteiger partial charge on any atom is 0.352 e. The summed E-state index contributed by atoms with van der Waals surface area (Å²) in [6.07, 6.45) is 0.712. The minimum absolute atomic E-state index is 0.0437. The normalized spacial score (nSPS) is 22.2. The Labute approximate surface area is 156 Å². The summed E-state index contributed by atoms with van der Waals surface area (Å²) in [5.74, 6) is -2.68. The van der Waals surface area contributed by atoms with Gasteiger partial charge in [-0.3, -0.25) is 14.5 Å². The molecular weight excluding hydrogens is 380 g/mol. The number of carbonyl (C=O) groups is 3. The van der Waals surface area contributed by atoms with Crippen LogP contribution in [0.3, 0.4) is 0 Å². The number of anilines is 1. The average Bonchev–Trinajstić information content (AvgIpc) is 3.08. The van der Waals surface area contributed by atoms with Gasteiger partial charge in [-0.15, -0.1) is 0 Å². The van der Waals surface area contributed by atoms with E-state index in [0.717, 1.165) is 16.4 Å². The summed E-state index contributed by atoms with van der Waals surface area (Å²) in [6.45, 7) is -0.448. The lowest BCUT2D eigenvalue weighted by Gasteiger charge is -2.50. The van der Waals surface area contributed by atoms with Crippen molar-refractivity contribution in [3.8, 4) is 0 Å². The highest BCUT2D eigenvalue weighted by atomic mass is 32.1. The van der Waals surface area contributed by atoms with Gasteiger partial charge in [0.15, 0.2) is 5.13 Å². The average molecular weight is 396 g/mol. The number of aliphatic hydroxyl groups is 1. The number of β-lactam (4-membered cyclic amide) rings is 1. The third-order valence-electron chi connectivity index (χ3n) is 4.27. The first-order valence-corrected chi connectivity index (χ1v) is 8.57. The fraction of sp³-hybridized carbons (Fsp3) is 0.429. The fourth-order valence-corrected chi connectivity index (χ4v) is 3.54. The van der Waals surface area contributed by atoms with Crippen molar-refractivity contribution in [2.45, 2.75) is 24.9 Å². The smallest absolute Gasteiger partial charge is 0.352 e. The fourth-order valence-electron chi connectivity index (χ4n) is 3.11. The molecule has 1 aromatic heterocycles. The molecule has 1 saturated heterocycles. The highest BCUT2D eigenvalue weighted by Gasteiger charge is 2.53.